The van der Waals surface area contributed by atoms with Gasteiger partial charge in [-0.2, -0.15) is 0 Å². The minimum absolute atomic E-state index is 0.151. The van der Waals surface area contributed by atoms with Gasteiger partial charge in [0.2, 0.25) is 11.8 Å². The van der Waals surface area contributed by atoms with Gasteiger partial charge in [-0.3, -0.25) is 14.5 Å². The SMILES string of the molecule is O=C(CN1C(=O)CCc2cccc(F)c21)NCCc1ccccc1. The molecule has 0 bridgehead atoms. The van der Waals surface area contributed by atoms with Gasteiger partial charge in [0.15, 0.2) is 0 Å². The summed E-state index contributed by atoms with van der Waals surface area (Å²) < 4.78 is 14.1. The first-order valence-electron chi connectivity index (χ1n) is 8.03. The number of hydrogen-bond acceptors (Lipinski definition) is 2. The monoisotopic (exact) mass is 326 g/mol. The summed E-state index contributed by atoms with van der Waals surface area (Å²) in [5.74, 6) is -0.959. The third-order valence-electron chi connectivity index (χ3n) is 4.13. The van der Waals surface area contributed by atoms with E-state index in [1.807, 2.05) is 30.3 Å². The van der Waals surface area contributed by atoms with Crippen molar-refractivity contribution in [2.75, 3.05) is 18.0 Å². The van der Waals surface area contributed by atoms with Gasteiger partial charge in [0, 0.05) is 13.0 Å². The van der Waals surface area contributed by atoms with E-state index in [1.165, 1.54) is 11.0 Å². The van der Waals surface area contributed by atoms with Gasteiger partial charge in [-0.15, -0.1) is 0 Å². The highest BCUT2D eigenvalue weighted by Gasteiger charge is 2.28. The summed E-state index contributed by atoms with van der Waals surface area (Å²) in [5, 5.41) is 2.79. The molecule has 2 amide bonds. The van der Waals surface area contributed by atoms with Crippen LogP contribution < -0.4 is 10.2 Å². The zero-order valence-corrected chi connectivity index (χ0v) is 13.3. The van der Waals surface area contributed by atoms with Crippen LogP contribution in [0.1, 0.15) is 17.5 Å². The molecule has 1 aliphatic heterocycles. The Morgan fingerprint density at radius 1 is 1.08 bits per heavy atom. The number of anilines is 1. The molecule has 1 N–H and O–H groups in total. The van der Waals surface area contributed by atoms with E-state index in [9.17, 15) is 14.0 Å². The first-order valence-corrected chi connectivity index (χ1v) is 8.03. The number of halogens is 1. The van der Waals surface area contributed by atoms with Gasteiger partial charge in [0.05, 0.1) is 5.69 Å². The Balaban J connectivity index is 1.61. The van der Waals surface area contributed by atoms with Crippen LogP contribution in [0.2, 0.25) is 0 Å². The van der Waals surface area contributed by atoms with E-state index in [0.717, 1.165) is 11.1 Å². The highest BCUT2D eigenvalue weighted by molar-refractivity contribution is 6.01. The van der Waals surface area contributed by atoms with E-state index in [2.05, 4.69) is 5.32 Å². The summed E-state index contributed by atoms with van der Waals surface area (Å²) in [5.41, 5.74) is 2.14. The molecule has 0 saturated heterocycles. The number of rotatable bonds is 5. The van der Waals surface area contributed by atoms with Gasteiger partial charge in [0.1, 0.15) is 12.4 Å². The molecule has 0 aromatic heterocycles. The number of para-hydroxylation sites is 1. The Kier molecular flexibility index (Phi) is 4.89. The van der Waals surface area contributed by atoms with E-state index < -0.39 is 5.82 Å². The van der Waals surface area contributed by atoms with Crippen molar-refractivity contribution in [3.05, 3.63) is 65.5 Å². The fraction of sp³-hybridized carbons (Fsp3) is 0.263. The molecule has 1 aliphatic rings. The Labute approximate surface area is 140 Å². The van der Waals surface area contributed by atoms with E-state index in [0.29, 0.717) is 25.8 Å². The molecule has 0 unspecified atom stereocenters. The van der Waals surface area contributed by atoms with Crippen LogP contribution in [-0.4, -0.2) is 24.9 Å². The Morgan fingerprint density at radius 3 is 2.67 bits per heavy atom. The molecule has 3 rings (SSSR count). The fourth-order valence-corrected chi connectivity index (χ4v) is 2.92. The predicted molar refractivity (Wildman–Crippen MR) is 90.2 cm³/mol. The van der Waals surface area contributed by atoms with Crippen molar-refractivity contribution in [1.29, 1.82) is 0 Å². The average molecular weight is 326 g/mol. The lowest BCUT2D eigenvalue weighted by Crippen LogP contribution is -2.44. The number of benzene rings is 2. The normalized spacial score (nSPS) is 13.5. The molecule has 2 aromatic rings. The van der Waals surface area contributed by atoms with Crippen molar-refractivity contribution >= 4 is 17.5 Å². The summed E-state index contributed by atoms with van der Waals surface area (Å²) in [7, 11) is 0. The third-order valence-corrected chi connectivity index (χ3v) is 4.13. The van der Waals surface area contributed by atoms with E-state index in [4.69, 9.17) is 0 Å². The summed E-state index contributed by atoms with van der Waals surface area (Å²) in [4.78, 5) is 25.5. The molecule has 0 spiro atoms. The molecule has 2 aromatic carbocycles. The molecule has 0 atom stereocenters. The second-order valence-electron chi connectivity index (χ2n) is 5.81. The number of amides is 2. The second kappa shape index (κ2) is 7.25. The smallest absolute Gasteiger partial charge is 0.240 e. The minimum atomic E-state index is -0.461. The molecule has 1 heterocycles. The molecular weight excluding hydrogens is 307 g/mol. The summed E-state index contributed by atoms with van der Waals surface area (Å²) >= 11 is 0. The number of hydrogen-bond donors (Lipinski definition) is 1. The molecule has 4 nitrogen and oxygen atoms in total. The number of aryl methyl sites for hydroxylation is 1. The van der Waals surface area contributed by atoms with Crippen molar-refractivity contribution < 1.29 is 14.0 Å². The highest BCUT2D eigenvalue weighted by atomic mass is 19.1. The number of nitrogens with one attached hydrogen (secondary N) is 1. The van der Waals surface area contributed by atoms with Gasteiger partial charge >= 0.3 is 0 Å². The lowest BCUT2D eigenvalue weighted by atomic mass is 10.0. The summed E-state index contributed by atoms with van der Waals surface area (Å²) in [6.45, 7) is 0.330. The van der Waals surface area contributed by atoms with Gasteiger partial charge < -0.3 is 5.32 Å². The Morgan fingerprint density at radius 2 is 1.88 bits per heavy atom. The molecule has 0 saturated carbocycles. The number of nitrogens with zero attached hydrogens (tertiary/aromatic N) is 1. The molecule has 24 heavy (non-hydrogen) atoms. The maximum atomic E-state index is 14.1. The molecule has 0 aliphatic carbocycles. The van der Waals surface area contributed by atoms with E-state index >= 15 is 0 Å². The lowest BCUT2D eigenvalue weighted by molar-refractivity contribution is -0.124. The third kappa shape index (κ3) is 3.62. The lowest BCUT2D eigenvalue weighted by Gasteiger charge is -2.29. The molecule has 0 radical (unpaired) electrons. The summed E-state index contributed by atoms with van der Waals surface area (Å²) in [6, 6.07) is 14.6. The van der Waals surface area contributed by atoms with Gasteiger partial charge in [-0.25, -0.2) is 4.39 Å². The van der Waals surface area contributed by atoms with Crippen LogP contribution in [0.4, 0.5) is 10.1 Å². The van der Waals surface area contributed by atoms with Crippen LogP contribution in [0.15, 0.2) is 48.5 Å². The van der Waals surface area contributed by atoms with Gasteiger partial charge in [-0.1, -0.05) is 42.5 Å². The van der Waals surface area contributed by atoms with Crippen molar-refractivity contribution in [2.45, 2.75) is 19.3 Å². The van der Waals surface area contributed by atoms with Crippen molar-refractivity contribution in [3.8, 4) is 0 Å². The molecule has 124 valence electrons. The Bertz CT molecular complexity index is 746. The molecular formula is C19H19FN2O2. The van der Waals surface area contributed by atoms with Gasteiger partial charge in [0.25, 0.3) is 0 Å². The second-order valence-corrected chi connectivity index (χ2v) is 5.81. The number of carbonyl (C=O) groups is 2. The zero-order chi connectivity index (χ0) is 16.9. The zero-order valence-electron chi connectivity index (χ0n) is 13.3. The van der Waals surface area contributed by atoms with Crippen LogP contribution in [0, 0.1) is 5.82 Å². The first kappa shape index (κ1) is 16.2. The maximum Gasteiger partial charge on any atom is 0.240 e. The maximum absolute atomic E-state index is 14.1. The topological polar surface area (TPSA) is 49.4 Å². The molecule has 5 heteroatoms. The van der Waals surface area contributed by atoms with Crippen molar-refractivity contribution in [2.24, 2.45) is 0 Å². The quantitative estimate of drug-likeness (QED) is 0.917. The largest absolute Gasteiger partial charge is 0.354 e. The van der Waals surface area contributed by atoms with E-state index in [-0.39, 0.29) is 24.0 Å². The van der Waals surface area contributed by atoms with E-state index in [1.54, 1.807) is 12.1 Å². The van der Waals surface area contributed by atoms with Crippen LogP contribution in [0.25, 0.3) is 0 Å². The number of carbonyl (C=O) groups excluding carboxylic acids is 2. The standard InChI is InChI=1S/C19H19FN2O2/c20-16-8-4-7-15-9-10-18(24)22(19(15)16)13-17(23)21-12-11-14-5-2-1-3-6-14/h1-8H,9-13H2,(H,21,23). The molecule has 0 fully saturated rings. The minimum Gasteiger partial charge on any atom is -0.354 e. The Hall–Kier alpha value is -2.69. The highest BCUT2D eigenvalue weighted by Crippen LogP contribution is 2.30. The van der Waals surface area contributed by atoms with Crippen LogP contribution in [-0.2, 0) is 22.4 Å². The van der Waals surface area contributed by atoms with Gasteiger partial charge in [-0.05, 0) is 30.0 Å². The predicted octanol–water partition coefficient (Wildman–Crippen LogP) is 2.46. The average Bonchev–Trinajstić information content (AvgIpc) is 2.58. The fourth-order valence-electron chi connectivity index (χ4n) is 2.92. The van der Waals surface area contributed by atoms with Crippen LogP contribution in [0.5, 0.6) is 0 Å². The summed E-state index contributed by atoms with van der Waals surface area (Å²) in [6.07, 6.45) is 1.53. The van der Waals surface area contributed by atoms with Crippen molar-refractivity contribution in [3.63, 3.8) is 0 Å². The van der Waals surface area contributed by atoms with Crippen molar-refractivity contribution in [1.82, 2.24) is 5.32 Å². The number of fused-ring (bicyclic) bond motifs is 1. The van der Waals surface area contributed by atoms with Crippen LogP contribution >= 0.6 is 0 Å². The first-order chi connectivity index (χ1) is 11.6. The van der Waals surface area contributed by atoms with Crippen LogP contribution in [0.3, 0.4) is 0 Å².